The molecular formula is C27H21FN3OS+. The molecule has 0 amide bonds. The number of allylic oxidation sites excluding steroid dienone is 1. The highest BCUT2D eigenvalue weighted by Crippen LogP contribution is 2.47. The lowest BCUT2D eigenvalue weighted by atomic mass is 9.75. The van der Waals surface area contributed by atoms with Gasteiger partial charge in [-0.25, -0.2) is 4.39 Å². The Labute approximate surface area is 196 Å². The van der Waals surface area contributed by atoms with Crippen molar-refractivity contribution >= 4 is 23.4 Å². The molecule has 0 spiro atoms. The molecule has 162 valence electrons. The molecule has 6 heteroatoms. The highest BCUT2D eigenvalue weighted by atomic mass is 32.1. The quantitative estimate of drug-likeness (QED) is 0.311. The van der Waals surface area contributed by atoms with E-state index < -0.39 is 17.7 Å². The van der Waals surface area contributed by atoms with Crippen LogP contribution in [-0.4, -0.2) is 5.11 Å². The van der Waals surface area contributed by atoms with Crippen LogP contribution in [0.5, 0.6) is 0 Å². The SMILES string of the molecule is N#CC1=C(S)NC(O)(c2ccccc2)C([n+]2ccc3ccccc3c2)C1c1ccc(F)cc1. The van der Waals surface area contributed by atoms with Crippen molar-refractivity contribution in [3.8, 4) is 6.07 Å². The number of pyridine rings is 1. The van der Waals surface area contributed by atoms with Crippen molar-refractivity contribution in [2.45, 2.75) is 17.7 Å². The van der Waals surface area contributed by atoms with Gasteiger partial charge in [-0.2, -0.15) is 9.83 Å². The van der Waals surface area contributed by atoms with Gasteiger partial charge >= 0.3 is 0 Å². The summed E-state index contributed by atoms with van der Waals surface area (Å²) in [6.07, 6.45) is 3.86. The summed E-state index contributed by atoms with van der Waals surface area (Å²) in [5.74, 6) is -0.949. The minimum absolute atomic E-state index is 0.288. The summed E-state index contributed by atoms with van der Waals surface area (Å²) in [5.41, 5.74) is 0.119. The summed E-state index contributed by atoms with van der Waals surface area (Å²) in [6.45, 7) is 0. The maximum atomic E-state index is 13.8. The lowest BCUT2D eigenvalue weighted by molar-refractivity contribution is -0.742. The number of nitriles is 1. The first-order chi connectivity index (χ1) is 16.0. The van der Waals surface area contributed by atoms with E-state index >= 15 is 0 Å². The Morgan fingerprint density at radius 2 is 1.61 bits per heavy atom. The fourth-order valence-electron chi connectivity index (χ4n) is 4.66. The highest BCUT2D eigenvalue weighted by molar-refractivity contribution is 7.84. The number of halogens is 1. The molecule has 0 bridgehead atoms. The zero-order valence-electron chi connectivity index (χ0n) is 17.6. The van der Waals surface area contributed by atoms with Crippen LogP contribution in [0.2, 0.25) is 0 Å². The molecule has 3 atom stereocenters. The van der Waals surface area contributed by atoms with E-state index in [1.54, 1.807) is 12.1 Å². The molecule has 1 aromatic heterocycles. The second kappa shape index (κ2) is 8.36. The van der Waals surface area contributed by atoms with Gasteiger partial charge < -0.3 is 10.4 Å². The van der Waals surface area contributed by atoms with E-state index in [0.717, 1.165) is 10.8 Å². The number of aliphatic hydroxyl groups is 1. The van der Waals surface area contributed by atoms with E-state index in [1.807, 2.05) is 77.6 Å². The van der Waals surface area contributed by atoms with Gasteiger partial charge in [0.25, 0.3) is 0 Å². The van der Waals surface area contributed by atoms with Crippen molar-refractivity contribution in [1.29, 1.82) is 5.26 Å². The van der Waals surface area contributed by atoms with Crippen molar-refractivity contribution in [1.82, 2.24) is 5.32 Å². The Morgan fingerprint density at radius 3 is 2.30 bits per heavy atom. The van der Waals surface area contributed by atoms with Crippen molar-refractivity contribution in [2.75, 3.05) is 0 Å². The molecule has 0 fully saturated rings. The van der Waals surface area contributed by atoms with Gasteiger partial charge in [-0.05, 0) is 29.1 Å². The third-order valence-electron chi connectivity index (χ3n) is 6.21. The van der Waals surface area contributed by atoms with Gasteiger partial charge in [-0.15, -0.1) is 12.6 Å². The molecule has 4 aromatic rings. The third kappa shape index (κ3) is 3.66. The molecular weight excluding hydrogens is 433 g/mol. The van der Waals surface area contributed by atoms with Crippen LogP contribution in [0.15, 0.2) is 108 Å². The Hall–Kier alpha value is -3.66. The normalized spacial score (nSPS) is 22.6. The van der Waals surface area contributed by atoms with Crippen LogP contribution in [0.3, 0.4) is 0 Å². The average molecular weight is 455 g/mol. The molecule has 0 saturated heterocycles. The number of aromatic nitrogens is 1. The van der Waals surface area contributed by atoms with Crippen LogP contribution in [0.1, 0.15) is 23.1 Å². The number of nitrogens with zero attached hydrogens (tertiary/aromatic N) is 2. The lowest BCUT2D eigenvalue weighted by Crippen LogP contribution is -2.62. The van der Waals surface area contributed by atoms with Crippen LogP contribution in [0.4, 0.5) is 4.39 Å². The number of thiol groups is 1. The second-order valence-corrected chi connectivity index (χ2v) is 8.57. The number of rotatable bonds is 3. The monoisotopic (exact) mass is 454 g/mol. The largest absolute Gasteiger partial charge is 0.362 e. The maximum absolute atomic E-state index is 13.8. The second-order valence-electron chi connectivity index (χ2n) is 8.13. The number of fused-ring (bicyclic) bond motifs is 1. The molecule has 0 radical (unpaired) electrons. The summed E-state index contributed by atoms with van der Waals surface area (Å²) in [4.78, 5) is 0. The van der Waals surface area contributed by atoms with Crippen LogP contribution in [-0.2, 0) is 5.72 Å². The van der Waals surface area contributed by atoms with Crippen LogP contribution in [0.25, 0.3) is 10.8 Å². The van der Waals surface area contributed by atoms with Gasteiger partial charge in [0.1, 0.15) is 5.82 Å². The summed E-state index contributed by atoms with van der Waals surface area (Å²) < 4.78 is 15.7. The zero-order chi connectivity index (χ0) is 23.0. The van der Waals surface area contributed by atoms with E-state index in [1.165, 1.54) is 12.1 Å². The molecule has 1 aliphatic rings. The minimum atomic E-state index is -1.59. The number of nitrogens with one attached hydrogen (secondary N) is 1. The minimum Gasteiger partial charge on any atom is -0.362 e. The molecule has 2 N–H and O–H groups in total. The van der Waals surface area contributed by atoms with Crippen molar-refractivity contribution in [3.05, 3.63) is 125 Å². The maximum Gasteiger partial charge on any atom is 0.227 e. The van der Waals surface area contributed by atoms with Crippen LogP contribution < -0.4 is 9.88 Å². The van der Waals surface area contributed by atoms with Gasteiger partial charge in [0.2, 0.25) is 11.8 Å². The molecule has 0 aliphatic carbocycles. The molecule has 4 nitrogen and oxygen atoms in total. The number of hydrogen-bond acceptors (Lipinski definition) is 4. The standard InChI is InChI=1S/C27H20FN3OS/c28-22-12-10-19(11-13-22)24-23(16-29)26(33)30-27(32,21-8-2-1-3-9-21)25(24)31-15-14-18-6-4-5-7-20(18)17-31/h1-15,17,24-25,30,32H/p+1. The van der Waals surface area contributed by atoms with Crippen LogP contribution >= 0.6 is 12.6 Å². The fraction of sp³-hybridized carbons (Fsp3) is 0.111. The molecule has 2 heterocycles. The van der Waals surface area contributed by atoms with Crippen LogP contribution in [0, 0.1) is 17.1 Å². The number of hydrogen-bond donors (Lipinski definition) is 3. The van der Waals surface area contributed by atoms with E-state index in [-0.39, 0.29) is 10.8 Å². The fourth-order valence-corrected chi connectivity index (χ4v) is 5.02. The third-order valence-corrected chi connectivity index (χ3v) is 6.57. The van der Waals surface area contributed by atoms with Gasteiger partial charge in [-0.3, -0.25) is 0 Å². The molecule has 33 heavy (non-hydrogen) atoms. The van der Waals surface area contributed by atoms with E-state index in [4.69, 9.17) is 0 Å². The first kappa shape index (κ1) is 21.2. The molecule has 5 rings (SSSR count). The Balaban J connectivity index is 1.80. The van der Waals surface area contributed by atoms with Crippen molar-refractivity contribution < 1.29 is 14.1 Å². The first-order valence-electron chi connectivity index (χ1n) is 10.6. The summed E-state index contributed by atoms with van der Waals surface area (Å²) in [6, 6.07) is 26.8. The average Bonchev–Trinajstić information content (AvgIpc) is 2.84. The smallest absolute Gasteiger partial charge is 0.227 e. The van der Waals surface area contributed by atoms with Gasteiger partial charge in [0, 0.05) is 17.0 Å². The predicted octanol–water partition coefficient (Wildman–Crippen LogP) is 4.70. The topological polar surface area (TPSA) is 59.9 Å². The first-order valence-corrected chi connectivity index (χ1v) is 11.0. The molecule has 3 aromatic carbocycles. The van der Waals surface area contributed by atoms with E-state index in [9.17, 15) is 14.8 Å². The summed E-state index contributed by atoms with van der Waals surface area (Å²) in [7, 11) is 0. The van der Waals surface area contributed by atoms with E-state index in [0.29, 0.717) is 16.7 Å². The lowest BCUT2D eigenvalue weighted by Gasteiger charge is -2.42. The molecule has 3 unspecified atom stereocenters. The Kier molecular flexibility index (Phi) is 5.37. The summed E-state index contributed by atoms with van der Waals surface area (Å²) in [5, 5.41) is 27.7. The zero-order valence-corrected chi connectivity index (χ0v) is 18.5. The summed E-state index contributed by atoms with van der Waals surface area (Å²) >= 11 is 4.54. The van der Waals surface area contributed by atoms with Crippen molar-refractivity contribution in [2.24, 2.45) is 0 Å². The van der Waals surface area contributed by atoms with Gasteiger partial charge in [0.05, 0.1) is 22.6 Å². The van der Waals surface area contributed by atoms with E-state index in [2.05, 4.69) is 24.0 Å². The highest BCUT2D eigenvalue weighted by Gasteiger charge is 2.55. The molecule has 1 aliphatic heterocycles. The van der Waals surface area contributed by atoms with Crippen molar-refractivity contribution in [3.63, 3.8) is 0 Å². The van der Waals surface area contributed by atoms with Gasteiger partial charge in [0.15, 0.2) is 12.4 Å². The predicted molar refractivity (Wildman–Crippen MR) is 127 cm³/mol. The number of benzene rings is 3. The molecule has 0 saturated carbocycles. The Morgan fingerprint density at radius 1 is 0.939 bits per heavy atom. The Bertz CT molecular complexity index is 1400. The van der Waals surface area contributed by atoms with Gasteiger partial charge in [-0.1, -0.05) is 60.7 Å².